The van der Waals surface area contributed by atoms with E-state index in [9.17, 15) is 4.79 Å². The average Bonchev–Trinajstić information content (AvgIpc) is 2.92. The minimum atomic E-state index is -0.318. The van der Waals surface area contributed by atoms with Crippen molar-refractivity contribution >= 4 is 46.0 Å². The number of methoxy groups -OCH3 is 1. The predicted octanol–water partition coefficient (Wildman–Crippen LogP) is 7.22. The van der Waals surface area contributed by atoms with Crippen LogP contribution in [0.25, 0.3) is 11.1 Å². The van der Waals surface area contributed by atoms with Gasteiger partial charge in [-0.1, -0.05) is 47.5 Å². The van der Waals surface area contributed by atoms with Crippen molar-refractivity contribution in [3.8, 4) is 0 Å². The van der Waals surface area contributed by atoms with Crippen LogP contribution in [0.5, 0.6) is 0 Å². The van der Waals surface area contributed by atoms with E-state index in [1.54, 1.807) is 6.07 Å². The number of aryl methyl sites for hydroxylation is 1. The summed E-state index contributed by atoms with van der Waals surface area (Å²) in [4.78, 5) is 17.2. The molecule has 192 valence electrons. The van der Waals surface area contributed by atoms with E-state index in [0.717, 1.165) is 66.8 Å². The predicted molar refractivity (Wildman–Crippen MR) is 154 cm³/mol. The first-order valence-electron chi connectivity index (χ1n) is 12.9. The Morgan fingerprint density at radius 1 is 0.865 bits per heavy atom. The van der Waals surface area contributed by atoms with Crippen molar-refractivity contribution < 1.29 is 9.53 Å². The van der Waals surface area contributed by atoms with Gasteiger partial charge in [0.2, 0.25) is 0 Å². The third-order valence-electron chi connectivity index (χ3n) is 7.56. The number of ether oxygens (including phenoxy) is 1. The van der Waals surface area contributed by atoms with Crippen molar-refractivity contribution in [3.63, 3.8) is 0 Å². The molecule has 37 heavy (non-hydrogen) atoms. The molecule has 4 nitrogen and oxygen atoms in total. The van der Waals surface area contributed by atoms with Crippen LogP contribution in [0, 0.1) is 0 Å². The molecule has 0 spiro atoms. The standard InChI is InChI=1S/C31H32Cl2N2O2/c1-20(2)34-14-16-35(17-15-34)25-9-4-21(5-10-25)30-26-11-7-23(31(36)37-3)18-22(26)6-12-28(30)27-13-8-24(32)19-29(27)33/h4-5,7-11,13,18-20H,6,12,14-17H2,1-3H3. The van der Waals surface area contributed by atoms with Crippen LogP contribution in [-0.4, -0.2) is 50.2 Å². The summed E-state index contributed by atoms with van der Waals surface area (Å²) < 4.78 is 4.96. The lowest BCUT2D eigenvalue weighted by molar-refractivity contribution is 0.0600. The van der Waals surface area contributed by atoms with Gasteiger partial charge >= 0.3 is 5.97 Å². The molecule has 1 saturated heterocycles. The van der Waals surface area contributed by atoms with Crippen LogP contribution in [0.4, 0.5) is 5.69 Å². The van der Waals surface area contributed by atoms with E-state index >= 15 is 0 Å². The van der Waals surface area contributed by atoms with E-state index in [1.165, 1.54) is 18.4 Å². The molecule has 3 aromatic rings. The zero-order valence-corrected chi connectivity index (χ0v) is 23.1. The highest BCUT2D eigenvalue weighted by atomic mass is 35.5. The van der Waals surface area contributed by atoms with Gasteiger partial charge in [0.1, 0.15) is 0 Å². The fourth-order valence-electron chi connectivity index (χ4n) is 5.51. The first-order chi connectivity index (χ1) is 17.9. The van der Waals surface area contributed by atoms with E-state index in [0.29, 0.717) is 21.7 Å². The second-order valence-electron chi connectivity index (χ2n) is 10.0. The number of nitrogens with zero attached hydrogens (tertiary/aromatic N) is 2. The van der Waals surface area contributed by atoms with Crippen LogP contribution < -0.4 is 4.90 Å². The molecule has 0 aromatic heterocycles. The van der Waals surface area contributed by atoms with Gasteiger partial charge < -0.3 is 9.64 Å². The number of piperazine rings is 1. The van der Waals surface area contributed by atoms with Gasteiger partial charge in [-0.2, -0.15) is 0 Å². The highest BCUT2D eigenvalue weighted by molar-refractivity contribution is 6.36. The molecule has 0 unspecified atom stereocenters. The quantitative estimate of drug-likeness (QED) is 0.323. The number of esters is 1. The number of allylic oxidation sites excluding steroid dienone is 1. The third kappa shape index (κ3) is 5.29. The molecule has 5 rings (SSSR count). The maximum Gasteiger partial charge on any atom is 0.337 e. The first-order valence-corrected chi connectivity index (χ1v) is 13.6. The van der Waals surface area contributed by atoms with Crippen molar-refractivity contribution in [2.24, 2.45) is 0 Å². The van der Waals surface area contributed by atoms with Gasteiger partial charge in [-0.05, 0) is 96.5 Å². The maximum atomic E-state index is 12.2. The van der Waals surface area contributed by atoms with Crippen LogP contribution in [0.1, 0.15) is 52.9 Å². The Balaban J connectivity index is 1.55. The van der Waals surface area contributed by atoms with E-state index in [4.69, 9.17) is 27.9 Å². The van der Waals surface area contributed by atoms with Gasteiger partial charge in [-0.25, -0.2) is 4.79 Å². The Bertz CT molecular complexity index is 1340. The van der Waals surface area contributed by atoms with Crippen molar-refractivity contribution in [2.45, 2.75) is 32.7 Å². The van der Waals surface area contributed by atoms with Crippen LogP contribution in [0.15, 0.2) is 60.7 Å². The van der Waals surface area contributed by atoms with Crippen molar-refractivity contribution in [3.05, 3.63) is 98.5 Å². The molecule has 6 heteroatoms. The van der Waals surface area contributed by atoms with Crippen molar-refractivity contribution in [1.29, 1.82) is 0 Å². The highest BCUT2D eigenvalue weighted by Gasteiger charge is 2.25. The number of benzene rings is 3. The molecule has 3 aromatic carbocycles. The second kappa shape index (κ2) is 10.9. The summed E-state index contributed by atoms with van der Waals surface area (Å²) >= 11 is 12.9. The SMILES string of the molecule is COC(=O)c1ccc2c(c1)CCC(c1ccc(Cl)cc1Cl)=C2c1ccc(N2CCN(C(C)C)CC2)cc1. The van der Waals surface area contributed by atoms with Gasteiger partial charge in [0.05, 0.1) is 12.7 Å². The van der Waals surface area contributed by atoms with E-state index in [-0.39, 0.29) is 5.97 Å². The minimum Gasteiger partial charge on any atom is -0.465 e. The second-order valence-corrected chi connectivity index (χ2v) is 10.8. The van der Waals surface area contributed by atoms with Crippen LogP contribution >= 0.6 is 23.2 Å². The Kier molecular flexibility index (Phi) is 7.62. The van der Waals surface area contributed by atoms with Gasteiger partial charge in [0.15, 0.2) is 0 Å². The minimum absolute atomic E-state index is 0.318. The number of hydrogen-bond donors (Lipinski definition) is 0. The number of hydrogen-bond acceptors (Lipinski definition) is 4. The molecule has 0 radical (unpaired) electrons. The van der Waals surface area contributed by atoms with Crippen LogP contribution in [-0.2, 0) is 11.2 Å². The van der Waals surface area contributed by atoms with Gasteiger partial charge in [-0.3, -0.25) is 4.90 Å². The van der Waals surface area contributed by atoms with Crippen LogP contribution in [0.2, 0.25) is 10.0 Å². The molecule has 0 atom stereocenters. The molecule has 0 N–H and O–H groups in total. The smallest absolute Gasteiger partial charge is 0.337 e. The van der Waals surface area contributed by atoms with Gasteiger partial charge in [0.25, 0.3) is 0 Å². The normalized spacial score (nSPS) is 16.2. The third-order valence-corrected chi connectivity index (χ3v) is 8.11. The van der Waals surface area contributed by atoms with Crippen molar-refractivity contribution in [2.75, 3.05) is 38.2 Å². The number of anilines is 1. The van der Waals surface area contributed by atoms with Gasteiger partial charge in [0, 0.05) is 48.0 Å². The lowest BCUT2D eigenvalue weighted by Crippen LogP contribution is -2.48. The summed E-state index contributed by atoms with van der Waals surface area (Å²) in [6.45, 7) is 8.76. The molecule has 1 fully saturated rings. The topological polar surface area (TPSA) is 32.8 Å². The summed E-state index contributed by atoms with van der Waals surface area (Å²) in [6.07, 6.45) is 1.63. The number of halogens is 2. The average molecular weight is 536 g/mol. The fourth-order valence-corrected chi connectivity index (χ4v) is 6.03. The lowest BCUT2D eigenvalue weighted by atomic mass is 9.79. The molecular formula is C31H32Cl2N2O2. The molecule has 1 aliphatic carbocycles. The summed E-state index contributed by atoms with van der Waals surface area (Å²) in [7, 11) is 1.41. The van der Waals surface area contributed by atoms with E-state index in [2.05, 4.69) is 47.9 Å². The zero-order chi connectivity index (χ0) is 26.1. The zero-order valence-electron chi connectivity index (χ0n) is 21.6. The summed E-state index contributed by atoms with van der Waals surface area (Å²) in [5.74, 6) is -0.318. The molecule has 2 aliphatic rings. The van der Waals surface area contributed by atoms with E-state index < -0.39 is 0 Å². The molecule has 1 aliphatic heterocycles. The number of fused-ring (bicyclic) bond motifs is 1. The van der Waals surface area contributed by atoms with Crippen molar-refractivity contribution in [1.82, 2.24) is 4.90 Å². The van der Waals surface area contributed by atoms with E-state index in [1.807, 2.05) is 30.3 Å². The number of carbonyl (C=O) groups excluding carboxylic acids is 1. The highest BCUT2D eigenvalue weighted by Crippen LogP contribution is 2.43. The Morgan fingerprint density at radius 2 is 1.57 bits per heavy atom. The maximum absolute atomic E-state index is 12.2. The summed E-state index contributed by atoms with van der Waals surface area (Å²) in [5.41, 5.74) is 8.56. The van der Waals surface area contributed by atoms with Gasteiger partial charge in [-0.15, -0.1) is 0 Å². The molecule has 0 bridgehead atoms. The number of rotatable bonds is 5. The summed E-state index contributed by atoms with van der Waals surface area (Å²) in [6, 6.07) is 21.0. The van der Waals surface area contributed by atoms with Crippen LogP contribution in [0.3, 0.4) is 0 Å². The monoisotopic (exact) mass is 534 g/mol. The molecular weight excluding hydrogens is 503 g/mol. The Morgan fingerprint density at radius 3 is 2.22 bits per heavy atom. The summed E-state index contributed by atoms with van der Waals surface area (Å²) in [5, 5.41) is 1.27. The number of carbonyl (C=O) groups is 1. The molecule has 1 heterocycles. The first kappa shape index (κ1) is 25.8. The fraction of sp³-hybridized carbons (Fsp3) is 0.323. The Hall–Kier alpha value is -2.79. The lowest BCUT2D eigenvalue weighted by Gasteiger charge is -2.38. The largest absolute Gasteiger partial charge is 0.465 e. The Labute approximate surface area is 229 Å². The molecule has 0 saturated carbocycles. The molecule has 0 amide bonds.